The lowest BCUT2D eigenvalue weighted by molar-refractivity contribution is -0.136. The van der Waals surface area contributed by atoms with Crippen molar-refractivity contribution in [2.75, 3.05) is 6.61 Å². The Kier molecular flexibility index (Phi) is 6.87. The van der Waals surface area contributed by atoms with E-state index >= 15 is 0 Å². The van der Waals surface area contributed by atoms with E-state index in [1.54, 1.807) is 33.0 Å². The van der Waals surface area contributed by atoms with Crippen LogP contribution in [-0.4, -0.2) is 32.3 Å². The van der Waals surface area contributed by atoms with Crippen LogP contribution in [0.5, 0.6) is 0 Å². The summed E-state index contributed by atoms with van der Waals surface area (Å²) in [6.45, 7) is 4.96. The quantitative estimate of drug-likeness (QED) is 0.219. The number of ketones is 1. The number of rotatable bonds is 7. The van der Waals surface area contributed by atoms with Gasteiger partial charge in [0.2, 0.25) is 5.78 Å². The monoisotopic (exact) mass is 487 g/mol. The molecule has 0 atom stereocenters. The van der Waals surface area contributed by atoms with Gasteiger partial charge in [0.15, 0.2) is 6.61 Å². The Morgan fingerprint density at radius 3 is 2.39 bits per heavy atom. The van der Waals surface area contributed by atoms with Gasteiger partial charge in [0.25, 0.3) is 5.56 Å². The Hall–Kier alpha value is -4.46. The summed E-state index contributed by atoms with van der Waals surface area (Å²) in [5.41, 5.74) is 3.86. The summed E-state index contributed by atoms with van der Waals surface area (Å²) in [6.07, 6.45) is 2.56. The zero-order valence-electron chi connectivity index (χ0n) is 20.5. The smallest absolute Gasteiger partial charge is 0.331 e. The van der Waals surface area contributed by atoms with Crippen LogP contribution in [0.1, 0.15) is 33.0 Å². The van der Waals surface area contributed by atoms with Crippen molar-refractivity contribution in [3.63, 3.8) is 0 Å². The third kappa shape index (κ3) is 4.70. The van der Waals surface area contributed by atoms with Crippen LogP contribution >= 0.6 is 0 Å². The number of carbonyl (C=O) groups is 2. The maximum absolute atomic E-state index is 13.5. The third-order valence-corrected chi connectivity index (χ3v) is 6.09. The molecule has 36 heavy (non-hydrogen) atoms. The van der Waals surface area contributed by atoms with Gasteiger partial charge in [-0.25, -0.2) is 13.9 Å². The molecule has 2 aromatic heterocycles. The standard InChI is InChI=1S/C28H26FN3O4/c1-18-15-24(25(33)17-36-26(34)14-13-21-9-8-10-22(29)16-21)19(2)31(18)27-20(3)30(4)32(28(27)35)23-11-6-5-7-12-23/h5-16H,17H2,1-4H3/b14-13+. The minimum Gasteiger partial charge on any atom is -0.454 e. The van der Waals surface area contributed by atoms with E-state index in [1.807, 2.05) is 51.2 Å². The van der Waals surface area contributed by atoms with Gasteiger partial charge in [-0.1, -0.05) is 30.3 Å². The van der Waals surface area contributed by atoms with Crippen LogP contribution in [0.2, 0.25) is 0 Å². The topological polar surface area (TPSA) is 75.2 Å². The molecule has 0 aliphatic carbocycles. The molecule has 0 aliphatic heterocycles. The third-order valence-electron chi connectivity index (χ3n) is 6.09. The van der Waals surface area contributed by atoms with E-state index in [2.05, 4.69) is 0 Å². The Morgan fingerprint density at radius 2 is 1.69 bits per heavy atom. The molecule has 0 N–H and O–H groups in total. The van der Waals surface area contributed by atoms with Gasteiger partial charge in [0.1, 0.15) is 11.5 Å². The molecule has 8 heteroatoms. The van der Waals surface area contributed by atoms with E-state index < -0.39 is 18.4 Å². The molecule has 4 aromatic rings. The normalized spacial score (nSPS) is 11.2. The summed E-state index contributed by atoms with van der Waals surface area (Å²) < 4.78 is 23.5. The van der Waals surface area contributed by atoms with E-state index in [9.17, 15) is 18.8 Å². The highest BCUT2D eigenvalue weighted by Crippen LogP contribution is 2.23. The fraction of sp³-hybridized carbons (Fsp3) is 0.179. The zero-order chi connectivity index (χ0) is 26.0. The van der Waals surface area contributed by atoms with Gasteiger partial charge < -0.3 is 9.30 Å². The van der Waals surface area contributed by atoms with E-state index in [-0.39, 0.29) is 11.3 Å². The molecule has 4 rings (SSSR count). The second-order valence-electron chi connectivity index (χ2n) is 8.45. The van der Waals surface area contributed by atoms with Gasteiger partial charge in [0.05, 0.1) is 11.4 Å². The van der Waals surface area contributed by atoms with Gasteiger partial charge in [-0.2, -0.15) is 0 Å². The van der Waals surface area contributed by atoms with E-state index in [1.165, 1.54) is 24.3 Å². The first-order chi connectivity index (χ1) is 17.2. The number of Topliss-reactive ketones (excluding diaryl/α,β-unsaturated/α-hetero) is 1. The Labute approximate surface area is 207 Å². The number of benzene rings is 2. The van der Waals surface area contributed by atoms with Crippen LogP contribution in [0.15, 0.2) is 71.5 Å². The summed E-state index contributed by atoms with van der Waals surface area (Å²) in [6, 6.07) is 16.8. The maximum Gasteiger partial charge on any atom is 0.331 e. The van der Waals surface area contributed by atoms with Gasteiger partial charge in [-0.15, -0.1) is 0 Å². The van der Waals surface area contributed by atoms with Crippen molar-refractivity contribution >= 4 is 17.8 Å². The SMILES string of the molecule is Cc1cc(C(=O)COC(=O)/C=C/c2cccc(F)c2)c(C)n1-c1c(C)n(C)n(-c2ccccc2)c1=O. The van der Waals surface area contributed by atoms with Crippen molar-refractivity contribution in [1.82, 2.24) is 13.9 Å². The highest BCUT2D eigenvalue weighted by molar-refractivity contribution is 6.00. The Balaban J connectivity index is 1.57. The van der Waals surface area contributed by atoms with E-state index in [4.69, 9.17) is 4.74 Å². The predicted molar refractivity (Wildman–Crippen MR) is 135 cm³/mol. The molecule has 0 aliphatic rings. The number of ether oxygens (including phenoxy) is 1. The largest absolute Gasteiger partial charge is 0.454 e. The van der Waals surface area contributed by atoms with Gasteiger partial charge in [0, 0.05) is 30.1 Å². The van der Waals surface area contributed by atoms with Gasteiger partial charge >= 0.3 is 5.97 Å². The lowest BCUT2D eigenvalue weighted by atomic mass is 10.1. The van der Waals surface area contributed by atoms with Crippen molar-refractivity contribution in [3.8, 4) is 11.4 Å². The number of esters is 1. The summed E-state index contributed by atoms with van der Waals surface area (Å²) >= 11 is 0. The first-order valence-corrected chi connectivity index (χ1v) is 11.4. The molecule has 2 aromatic carbocycles. The average Bonchev–Trinajstić information content (AvgIpc) is 3.27. The number of aromatic nitrogens is 3. The molecule has 0 fully saturated rings. The highest BCUT2D eigenvalue weighted by atomic mass is 19.1. The summed E-state index contributed by atoms with van der Waals surface area (Å²) in [5.74, 6) is -1.52. The Bertz CT molecular complexity index is 1540. The van der Waals surface area contributed by atoms with Crippen LogP contribution in [0.4, 0.5) is 4.39 Å². The molecule has 0 bridgehead atoms. The van der Waals surface area contributed by atoms with Crippen molar-refractivity contribution in [2.24, 2.45) is 7.05 Å². The van der Waals surface area contributed by atoms with Crippen molar-refractivity contribution in [1.29, 1.82) is 0 Å². The number of halogens is 1. The number of para-hydroxylation sites is 1. The van der Waals surface area contributed by atoms with Crippen LogP contribution < -0.4 is 5.56 Å². The molecule has 7 nitrogen and oxygen atoms in total. The van der Waals surface area contributed by atoms with Crippen molar-refractivity contribution in [2.45, 2.75) is 20.8 Å². The number of hydrogen-bond acceptors (Lipinski definition) is 4. The molecule has 0 unspecified atom stereocenters. The fourth-order valence-corrected chi connectivity index (χ4v) is 4.24. The number of hydrogen-bond donors (Lipinski definition) is 0. The minimum absolute atomic E-state index is 0.212. The fourth-order valence-electron chi connectivity index (χ4n) is 4.24. The van der Waals surface area contributed by atoms with E-state index in [0.29, 0.717) is 28.2 Å². The van der Waals surface area contributed by atoms with Crippen LogP contribution in [0, 0.1) is 26.6 Å². The molecule has 0 spiro atoms. The Morgan fingerprint density at radius 1 is 0.972 bits per heavy atom. The molecular formula is C28H26FN3O4. The summed E-state index contributed by atoms with van der Waals surface area (Å²) in [7, 11) is 1.81. The van der Waals surface area contributed by atoms with Crippen LogP contribution in [-0.2, 0) is 16.6 Å². The molecular weight excluding hydrogens is 461 g/mol. The maximum atomic E-state index is 13.5. The van der Waals surface area contributed by atoms with Crippen molar-refractivity contribution in [3.05, 3.63) is 111 Å². The molecule has 0 radical (unpaired) electrons. The lowest BCUT2D eigenvalue weighted by Crippen LogP contribution is -2.22. The molecule has 0 saturated heterocycles. The lowest BCUT2D eigenvalue weighted by Gasteiger charge is -2.08. The van der Waals surface area contributed by atoms with Gasteiger partial charge in [-0.3, -0.25) is 14.3 Å². The van der Waals surface area contributed by atoms with Gasteiger partial charge in [-0.05, 0) is 62.7 Å². The number of nitrogens with zero attached hydrogens (tertiary/aromatic N) is 3. The molecule has 2 heterocycles. The summed E-state index contributed by atoms with van der Waals surface area (Å²) in [5, 5.41) is 0. The van der Waals surface area contributed by atoms with Crippen LogP contribution in [0.25, 0.3) is 17.5 Å². The first kappa shape index (κ1) is 24.7. The second kappa shape index (κ2) is 10.0. The molecule has 0 saturated carbocycles. The van der Waals surface area contributed by atoms with E-state index in [0.717, 1.165) is 17.5 Å². The molecule has 184 valence electrons. The first-order valence-electron chi connectivity index (χ1n) is 11.4. The number of carbonyl (C=O) groups excluding carboxylic acids is 2. The summed E-state index contributed by atoms with van der Waals surface area (Å²) in [4.78, 5) is 38.4. The molecule has 0 amide bonds. The van der Waals surface area contributed by atoms with Crippen LogP contribution in [0.3, 0.4) is 0 Å². The number of aryl methyl sites for hydroxylation is 1. The zero-order valence-corrected chi connectivity index (χ0v) is 20.5. The predicted octanol–water partition coefficient (Wildman–Crippen LogP) is 4.47. The highest BCUT2D eigenvalue weighted by Gasteiger charge is 2.24. The average molecular weight is 488 g/mol. The second-order valence-corrected chi connectivity index (χ2v) is 8.45. The minimum atomic E-state index is -0.717. The van der Waals surface area contributed by atoms with Crippen molar-refractivity contribution < 1.29 is 18.7 Å².